The van der Waals surface area contributed by atoms with Crippen molar-refractivity contribution < 1.29 is 18.7 Å². The van der Waals surface area contributed by atoms with E-state index >= 15 is 0 Å². The number of carbonyl (C=O) groups is 2. The summed E-state index contributed by atoms with van der Waals surface area (Å²) in [7, 11) is 1.25. The lowest BCUT2D eigenvalue weighted by Gasteiger charge is -2.16. The molecule has 110 valence electrons. The van der Waals surface area contributed by atoms with E-state index in [0.717, 1.165) is 0 Å². The molecule has 1 amide bonds. The lowest BCUT2D eigenvalue weighted by molar-refractivity contribution is -0.142. The van der Waals surface area contributed by atoms with E-state index in [1.807, 2.05) is 6.26 Å². The number of benzene rings is 1. The summed E-state index contributed by atoms with van der Waals surface area (Å²) in [6.07, 6.45) is 2.32. The summed E-state index contributed by atoms with van der Waals surface area (Å²) in [5.41, 5.74) is -0.105. The maximum Gasteiger partial charge on any atom is 0.328 e. The van der Waals surface area contributed by atoms with Crippen molar-refractivity contribution in [2.75, 3.05) is 19.1 Å². The van der Waals surface area contributed by atoms with Gasteiger partial charge in [-0.25, -0.2) is 9.18 Å². The van der Waals surface area contributed by atoms with E-state index < -0.39 is 23.7 Å². The van der Waals surface area contributed by atoms with Crippen LogP contribution in [-0.4, -0.2) is 37.0 Å². The number of thioether (sulfide) groups is 1. The molecule has 0 fully saturated rings. The monoisotopic (exact) mass is 363 g/mol. The average Bonchev–Trinajstić information content (AvgIpc) is 2.42. The molecule has 1 N–H and O–H groups in total. The molecular formula is C13H15BrFNO3S. The fourth-order valence-corrected chi connectivity index (χ4v) is 2.34. The summed E-state index contributed by atoms with van der Waals surface area (Å²) in [6, 6.07) is 3.34. The summed E-state index contributed by atoms with van der Waals surface area (Å²) in [5.74, 6) is -1.13. The number of methoxy groups -OCH3 is 1. The van der Waals surface area contributed by atoms with Crippen LogP contribution in [0, 0.1) is 5.82 Å². The van der Waals surface area contributed by atoms with Crippen molar-refractivity contribution in [3.63, 3.8) is 0 Å². The van der Waals surface area contributed by atoms with Gasteiger partial charge in [0.25, 0.3) is 5.91 Å². The predicted molar refractivity (Wildman–Crippen MR) is 80.4 cm³/mol. The maximum absolute atomic E-state index is 13.7. The van der Waals surface area contributed by atoms with Gasteiger partial charge in [-0.1, -0.05) is 15.9 Å². The second-order valence-corrected chi connectivity index (χ2v) is 5.86. The van der Waals surface area contributed by atoms with Crippen molar-refractivity contribution in [3.05, 3.63) is 34.1 Å². The molecule has 0 bridgehead atoms. The van der Waals surface area contributed by atoms with Gasteiger partial charge < -0.3 is 10.1 Å². The molecule has 0 aliphatic rings. The summed E-state index contributed by atoms with van der Waals surface area (Å²) in [4.78, 5) is 23.6. The van der Waals surface area contributed by atoms with Crippen molar-refractivity contribution in [1.29, 1.82) is 0 Å². The number of rotatable bonds is 6. The van der Waals surface area contributed by atoms with Crippen molar-refractivity contribution in [2.45, 2.75) is 12.5 Å². The first-order valence-electron chi connectivity index (χ1n) is 5.82. The number of ether oxygens (including phenoxy) is 1. The Morgan fingerprint density at radius 1 is 1.50 bits per heavy atom. The van der Waals surface area contributed by atoms with E-state index in [4.69, 9.17) is 0 Å². The van der Waals surface area contributed by atoms with Crippen LogP contribution in [0.3, 0.4) is 0 Å². The Morgan fingerprint density at radius 2 is 2.20 bits per heavy atom. The maximum atomic E-state index is 13.7. The number of carbonyl (C=O) groups excluding carboxylic acids is 2. The first-order chi connectivity index (χ1) is 9.49. The zero-order valence-corrected chi connectivity index (χ0v) is 13.5. The van der Waals surface area contributed by atoms with Crippen LogP contribution in [0.2, 0.25) is 0 Å². The van der Waals surface area contributed by atoms with Crippen LogP contribution in [0.4, 0.5) is 4.39 Å². The topological polar surface area (TPSA) is 55.4 Å². The molecule has 7 heteroatoms. The molecule has 0 aliphatic carbocycles. The molecule has 1 atom stereocenters. The lowest BCUT2D eigenvalue weighted by atomic mass is 10.1. The van der Waals surface area contributed by atoms with E-state index in [1.165, 1.54) is 19.2 Å². The van der Waals surface area contributed by atoms with Gasteiger partial charge in [0.05, 0.1) is 12.7 Å². The molecule has 0 unspecified atom stereocenters. The molecule has 0 aromatic heterocycles. The fraction of sp³-hybridized carbons (Fsp3) is 0.385. The van der Waals surface area contributed by atoms with E-state index in [2.05, 4.69) is 26.0 Å². The number of hydrogen-bond acceptors (Lipinski definition) is 4. The molecule has 0 spiro atoms. The summed E-state index contributed by atoms with van der Waals surface area (Å²) >= 11 is 4.66. The first kappa shape index (κ1) is 17.0. The van der Waals surface area contributed by atoms with Crippen LogP contribution >= 0.6 is 27.7 Å². The van der Waals surface area contributed by atoms with Gasteiger partial charge in [-0.15, -0.1) is 0 Å². The Morgan fingerprint density at radius 3 is 2.75 bits per heavy atom. The van der Waals surface area contributed by atoms with E-state index in [1.54, 1.807) is 17.8 Å². The van der Waals surface area contributed by atoms with Gasteiger partial charge in [0.1, 0.15) is 11.9 Å². The molecule has 20 heavy (non-hydrogen) atoms. The number of esters is 1. The molecule has 0 saturated heterocycles. The molecule has 0 radical (unpaired) electrons. The smallest absolute Gasteiger partial charge is 0.328 e. The molecule has 0 saturated carbocycles. The van der Waals surface area contributed by atoms with Gasteiger partial charge in [0.15, 0.2) is 0 Å². The molecule has 1 rings (SSSR count). The fourth-order valence-electron chi connectivity index (χ4n) is 1.54. The Labute approximate surface area is 129 Å². The summed E-state index contributed by atoms with van der Waals surface area (Å²) < 4.78 is 18.8. The Balaban J connectivity index is 2.81. The van der Waals surface area contributed by atoms with Gasteiger partial charge in [-0.05, 0) is 36.6 Å². The minimum atomic E-state index is -0.775. The van der Waals surface area contributed by atoms with Crippen LogP contribution in [-0.2, 0) is 9.53 Å². The molecule has 1 aromatic carbocycles. The minimum Gasteiger partial charge on any atom is -0.467 e. The number of amides is 1. The van der Waals surface area contributed by atoms with Crippen LogP contribution in [0.5, 0.6) is 0 Å². The predicted octanol–water partition coefficient (Wildman–Crippen LogP) is 2.61. The highest BCUT2D eigenvalue weighted by atomic mass is 79.9. The third-order valence-corrected chi connectivity index (χ3v) is 3.71. The van der Waals surface area contributed by atoms with Crippen molar-refractivity contribution in [1.82, 2.24) is 5.32 Å². The number of halogens is 2. The second kappa shape index (κ2) is 8.26. The summed E-state index contributed by atoms with van der Waals surface area (Å²) in [5, 5.41) is 2.50. The van der Waals surface area contributed by atoms with Gasteiger partial charge in [0.2, 0.25) is 0 Å². The molecule has 1 aromatic rings. The average molecular weight is 364 g/mol. The highest BCUT2D eigenvalue weighted by Crippen LogP contribution is 2.15. The normalized spacial score (nSPS) is 11.8. The number of hydrogen-bond donors (Lipinski definition) is 1. The zero-order chi connectivity index (χ0) is 15.1. The van der Waals surface area contributed by atoms with Gasteiger partial charge in [-0.3, -0.25) is 4.79 Å². The summed E-state index contributed by atoms with van der Waals surface area (Å²) in [6.45, 7) is 0. The van der Waals surface area contributed by atoms with Gasteiger partial charge in [0, 0.05) is 4.47 Å². The van der Waals surface area contributed by atoms with Crippen LogP contribution < -0.4 is 5.32 Å². The standard InChI is InChI=1S/C13H15BrFNO3S/c1-19-13(18)11(5-6-20-2)16-12(17)9-4-3-8(14)7-10(9)15/h3-4,7,11H,5-6H2,1-2H3,(H,16,17)/t11-/m1/s1. The highest BCUT2D eigenvalue weighted by Gasteiger charge is 2.23. The number of nitrogens with one attached hydrogen (secondary N) is 1. The quantitative estimate of drug-likeness (QED) is 0.789. The zero-order valence-electron chi connectivity index (χ0n) is 11.1. The highest BCUT2D eigenvalue weighted by molar-refractivity contribution is 9.10. The third kappa shape index (κ3) is 4.79. The van der Waals surface area contributed by atoms with Crippen LogP contribution in [0.25, 0.3) is 0 Å². The van der Waals surface area contributed by atoms with E-state index in [9.17, 15) is 14.0 Å². The van der Waals surface area contributed by atoms with Gasteiger partial charge >= 0.3 is 5.97 Å². The third-order valence-electron chi connectivity index (χ3n) is 2.58. The molecular weight excluding hydrogens is 349 g/mol. The molecule has 4 nitrogen and oxygen atoms in total. The largest absolute Gasteiger partial charge is 0.467 e. The van der Waals surface area contributed by atoms with Gasteiger partial charge in [-0.2, -0.15) is 11.8 Å². The Kier molecular flexibility index (Phi) is 7.01. The molecule has 0 heterocycles. The molecule has 0 aliphatic heterocycles. The van der Waals surface area contributed by atoms with E-state index in [0.29, 0.717) is 16.6 Å². The van der Waals surface area contributed by atoms with Crippen molar-refractivity contribution in [2.24, 2.45) is 0 Å². The minimum absolute atomic E-state index is 0.105. The van der Waals surface area contributed by atoms with Crippen molar-refractivity contribution >= 4 is 39.6 Å². The van der Waals surface area contributed by atoms with Crippen molar-refractivity contribution in [3.8, 4) is 0 Å². The Hall–Kier alpha value is -1.08. The SMILES string of the molecule is COC(=O)[C@@H](CCSC)NC(=O)c1ccc(Br)cc1F. The lowest BCUT2D eigenvalue weighted by Crippen LogP contribution is -2.42. The first-order valence-corrected chi connectivity index (χ1v) is 8.01. The second-order valence-electron chi connectivity index (χ2n) is 3.95. The van der Waals surface area contributed by atoms with E-state index in [-0.39, 0.29) is 5.56 Å². The van der Waals surface area contributed by atoms with Crippen LogP contribution in [0.15, 0.2) is 22.7 Å². The Bertz CT molecular complexity index is 499. The van der Waals surface area contributed by atoms with Crippen LogP contribution in [0.1, 0.15) is 16.8 Å².